The number of benzene rings is 6. The summed E-state index contributed by atoms with van der Waals surface area (Å²) in [6.45, 7) is 28.6. The van der Waals surface area contributed by atoms with E-state index in [-0.39, 0.29) is 28.1 Å². The van der Waals surface area contributed by atoms with Crippen molar-refractivity contribution in [3.05, 3.63) is 166 Å². The molecule has 0 atom stereocenters. The van der Waals surface area contributed by atoms with Crippen LogP contribution in [0.2, 0.25) is 0 Å². The maximum atomic E-state index is 12.6. The Balaban J connectivity index is 1.43. The molecule has 0 aliphatic carbocycles. The molecule has 0 aliphatic rings. The minimum atomic E-state index is -2.56. The summed E-state index contributed by atoms with van der Waals surface area (Å²) in [4.78, 5) is 10.5. The number of phenolic OH excluding ortho intramolecular Hbond substituents is 1. The molecule has 1 N–H and O–H groups in total. The molecule has 0 amide bonds. The van der Waals surface area contributed by atoms with Crippen LogP contribution in [0.4, 0.5) is 0 Å². The number of hydrogen-bond donors (Lipinski definition) is 1. The Morgan fingerprint density at radius 1 is 0.544 bits per heavy atom. The molecule has 0 radical (unpaired) electrons. The van der Waals surface area contributed by atoms with Gasteiger partial charge in [0.2, 0.25) is 0 Å². The molecule has 4 nitrogen and oxygen atoms in total. The first-order valence-corrected chi connectivity index (χ1v) is 24.1. The summed E-state index contributed by atoms with van der Waals surface area (Å²) in [5.74, 6) is -0.852. The fraction of sp³-hybridized carbons (Fsp3) is 0.344. The van der Waals surface area contributed by atoms with Gasteiger partial charge in [0.1, 0.15) is 11.6 Å². The van der Waals surface area contributed by atoms with Crippen LogP contribution in [0, 0.1) is 6.85 Å². The second kappa shape index (κ2) is 18.0. The summed E-state index contributed by atoms with van der Waals surface area (Å²) in [5, 5.41) is 12.6. The lowest BCUT2D eigenvalue weighted by molar-refractivity contribution is 0.446. The highest BCUT2D eigenvalue weighted by molar-refractivity contribution is 5.97. The van der Waals surface area contributed by atoms with Crippen molar-refractivity contribution in [2.24, 2.45) is 0 Å². The maximum absolute atomic E-state index is 12.6. The van der Waals surface area contributed by atoms with Crippen molar-refractivity contribution >= 4 is 11.0 Å². The summed E-state index contributed by atoms with van der Waals surface area (Å²) < 4.78 is 46.9. The van der Waals surface area contributed by atoms with Crippen LogP contribution in [0.25, 0.3) is 72.7 Å². The average molecular weight is 905 g/mol. The van der Waals surface area contributed by atoms with Gasteiger partial charge in [-0.3, -0.25) is 9.55 Å². The molecule has 0 bridgehead atoms. The van der Waals surface area contributed by atoms with Gasteiger partial charge in [0.25, 0.3) is 0 Å². The fourth-order valence-electron chi connectivity index (χ4n) is 9.05. The van der Waals surface area contributed by atoms with Crippen molar-refractivity contribution < 1.29 is 12.0 Å². The molecule has 0 spiro atoms. The van der Waals surface area contributed by atoms with Crippen molar-refractivity contribution in [1.82, 2.24) is 14.5 Å². The number of aromatic hydroxyl groups is 1. The maximum Gasteiger partial charge on any atom is 0.149 e. The van der Waals surface area contributed by atoms with Gasteiger partial charge in [-0.2, -0.15) is 0 Å². The molecule has 0 aliphatic heterocycles. The number of imidazole rings is 1. The molecule has 8 rings (SSSR count). The predicted molar refractivity (Wildman–Crippen MR) is 291 cm³/mol. The third kappa shape index (κ3) is 9.57. The van der Waals surface area contributed by atoms with Crippen LogP contribution in [-0.2, 0) is 16.2 Å². The van der Waals surface area contributed by atoms with Crippen molar-refractivity contribution in [3.8, 4) is 67.5 Å². The lowest BCUT2D eigenvalue weighted by Gasteiger charge is -2.27. The van der Waals surface area contributed by atoms with Gasteiger partial charge in [0.05, 0.1) is 28.0 Å². The first-order chi connectivity index (χ1) is 33.7. The Labute approximate surface area is 414 Å². The number of fused-ring (bicyclic) bond motifs is 1. The Hall–Kier alpha value is -6.26. The summed E-state index contributed by atoms with van der Waals surface area (Å²) in [6, 6.07) is 40.9. The van der Waals surface area contributed by atoms with Gasteiger partial charge in [-0.25, -0.2) is 4.98 Å². The standard InChI is InChI=1S/C64H73N3O/c1-38(2)42-20-22-43(23-21-42)45-26-27-65-56(35-45)50-32-49(33-51(34-50)62(8,9)10)53-18-17-19-58-59(53)66-61(54-36-52(63(11,12)13)37-55(60(54)68)64(14,15)16)67(58)57-25-24-44(28-41(57)7)48-30-46(39(3)4)29-47(31-48)40(5)6/h17-40,68H,1-16H3/i7D3,38D,39D. The number of para-hydroxylation sites is 1. The molecule has 0 saturated carbocycles. The molecule has 68 heavy (non-hydrogen) atoms. The topological polar surface area (TPSA) is 50.9 Å². The van der Waals surface area contributed by atoms with E-state index in [0.717, 1.165) is 78.0 Å². The molecule has 6 aromatic carbocycles. The smallest absolute Gasteiger partial charge is 0.149 e. The molecule has 350 valence electrons. The molecular formula is C64H73N3O. The highest BCUT2D eigenvalue weighted by Crippen LogP contribution is 2.46. The predicted octanol–water partition coefficient (Wildman–Crippen LogP) is 18.0. The van der Waals surface area contributed by atoms with E-state index in [4.69, 9.17) is 16.8 Å². The molecular weight excluding hydrogens is 827 g/mol. The van der Waals surface area contributed by atoms with Crippen LogP contribution in [0.1, 0.15) is 167 Å². The van der Waals surface area contributed by atoms with Crippen molar-refractivity contribution in [2.45, 2.75) is 145 Å². The van der Waals surface area contributed by atoms with Crippen LogP contribution in [0.15, 0.2) is 128 Å². The number of hydrogen-bond acceptors (Lipinski definition) is 3. The van der Waals surface area contributed by atoms with Crippen LogP contribution in [0.3, 0.4) is 0 Å². The number of rotatable bonds is 9. The first-order valence-electron chi connectivity index (χ1n) is 26.6. The lowest BCUT2D eigenvalue weighted by Crippen LogP contribution is -2.17. The van der Waals surface area contributed by atoms with E-state index in [2.05, 4.69) is 137 Å². The fourth-order valence-corrected chi connectivity index (χ4v) is 9.05. The van der Waals surface area contributed by atoms with Gasteiger partial charge in [0.15, 0.2) is 0 Å². The Kier molecular flexibility index (Phi) is 11.1. The molecule has 0 fully saturated rings. The minimum absolute atomic E-state index is 0.0997. The molecule has 8 aromatic rings. The average Bonchev–Trinajstić information content (AvgIpc) is 3.69. The normalized spacial score (nSPS) is 14.1. The third-order valence-electron chi connectivity index (χ3n) is 13.4. The quantitative estimate of drug-likeness (QED) is 0.157. The number of pyridine rings is 1. The van der Waals surface area contributed by atoms with Gasteiger partial charge in [0, 0.05) is 29.7 Å². The molecule has 2 heterocycles. The van der Waals surface area contributed by atoms with E-state index >= 15 is 0 Å². The van der Waals surface area contributed by atoms with E-state index in [1.165, 1.54) is 0 Å². The highest BCUT2D eigenvalue weighted by atomic mass is 16.3. The van der Waals surface area contributed by atoms with Crippen molar-refractivity contribution in [3.63, 3.8) is 0 Å². The Bertz CT molecular complexity index is 3380. The van der Waals surface area contributed by atoms with E-state index in [0.29, 0.717) is 28.1 Å². The van der Waals surface area contributed by atoms with Crippen LogP contribution < -0.4 is 0 Å². The summed E-state index contributed by atoms with van der Waals surface area (Å²) >= 11 is 0. The van der Waals surface area contributed by atoms with Crippen molar-refractivity contribution in [1.29, 1.82) is 0 Å². The monoisotopic (exact) mass is 905 g/mol. The zero-order valence-electron chi connectivity index (χ0n) is 48.0. The van der Waals surface area contributed by atoms with Crippen molar-refractivity contribution in [2.75, 3.05) is 0 Å². The van der Waals surface area contributed by atoms with E-state index in [9.17, 15) is 5.11 Å². The van der Waals surface area contributed by atoms with E-state index < -0.39 is 24.1 Å². The van der Waals surface area contributed by atoms with Gasteiger partial charge >= 0.3 is 0 Å². The number of phenols is 1. The van der Waals surface area contributed by atoms with Gasteiger partial charge < -0.3 is 5.11 Å². The largest absolute Gasteiger partial charge is 0.507 e. The van der Waals surface area contributed by atoms with Crippen LogP contribution in [0.5, 0.6) is 5.75 Å². The SMILES string of the molecule is [2H]C([2H])([2H])c1cc(-c2cc(C(C)C)cc(C([2H])(C)C)c2)ccc1-n1c(-c2cc(C(C)(C)C)cc(C(C)(C)C)c2O)nc2c(-c3cc(-c4cc(-c5ccc(C([2H])(C)C)cc5)ccn4)cc(C(C)(C)C)c3)cccc21. The zero-order chi connectivity index (χ0) is 53.5. The molecule has 4 heteroatoms. The second-order valence-corrected chi connectivity index (χ2v) is 22.7. The van der Waals surface area contributed by atoms with E-state index in [1.807, 2.05) is 93.1 Å². The van der Waals surface area contributed by atoms with Gasteiger partial charge in [-0.05, 0) is 151 Å². The third-order valence-corrected chi connectivity index (χ3v) is 13.4. The molecule has 0 unspecified atom stereocenters. The van der Waals surface area contributed by atoms with Gasteiger partial charge in [-0.15, -0.1) is 0 Å². The molecule has 2 aromatic heterocycles. The van der Waals surface area contributed by atoms with Crippen LogP contribution >= 0.6 is 0 Å². The first kappa shape index (κ1) is 41.9. The summed E-state index contributed by atoms with van der Waals surface area (Å²) in [5.41, 5.74) is 14.4. The number of nitrogens with zero attached hydrogens (tertiary/aromatic N) is 3. The highest BCUT2D eigenvalue weighted by Gasteiger charge is 2.29. The number of aryl methyl sites for hydroxylation is 1. The number of aromatic nitrogens is 3. The Morgan fingerprint density at radius 3 is 1.81 bits per heavy atom. The van der Waals surface area contributed by atoms with E-state index in [1.54, 1.807) is 6.07 Å². The summed E-state index contributed by atoms with van der Waals surface area (Å²) in [7, 11) is 0. The zero-order valence-corrected chi connectivity index (χ0v) is 43.0. The summed E-state index contributed by atoms with van der Waals surface area (Å²) in [6.07, 6.45) is 1.85. The Morgan fingerprint density at radius 2 is 1.18 bits per heavy atom. The molecule has 0 saturated heterocycles. The lowest BCUT2D eigenvalue weighted by atomic mass is 9.79. The van der Waals surface area contributed by atoms with Crippen LogP contribution in [-0.4, -0.2) is 19.6 Å². The second-order valence-electron chi connectivity index (χ2n) is 22.7. The minimum Gasteiger partial charge on any atom is -0.507 e. The van der Waals surface area contributed by atoms with Gasteiger partial charge in [-0.1, -0.05) is 177 Å².